The highest BCUT2D eigenvalue weighted by atomic mass is 15.1. The molecule has 0 saturated heterocycles. The van der Waals surface area contributed by atoms with Crippen molar-refractivity contribution in [3.63, 3.8) is 0 Å². The number of hydrogen-bond donors (Lipinski definition) is 2. The Hall–Kier alpha value is -1.32. The molecule has 11 heavy (non-hydrogen) atoms. The minimum Gasteiger partial charge on any atom is -0.395 e. The molecule has 60 valence electrons. The van der Waals surface area contributed by atoms with E-state index in [-0.39, 0.29) is 0 Å². The molecule has 4 N–H and O–H groups in total. The Bertz CT molecular complexity index is 246. The largest absolute Gasteiger partial charge is 0.395 e. The molecule has 1 aromatic rings. The van der Waals surface area contributed by atoms with Crippen molar-refractivity contribution in [2.24, 2.45) is 0 Å². The summed E-state index contributed by atoms with van der Waals surface area (Å²) in [6, 6.07) is 0. The van der Waals surface area contributed by atoms with Gasteiger partial charge in [0, 0.05) is 0 Å². The topological polar surface area (TPSA) is 77.8 Å². The van der Waals surface area contributed by atoms with Gasteiger partial charge in [-0.2, -0.15) is 5.10 Å². The molecule has 0 radical (unpaired) electrons. The average molecular weight is 152 g/mol. The highest BCUT2D eigenvalue weighted by Crippen LogP contribution is 2.16. The first-order valence-electron chi connectivity index (χ1n) is 3.61. The maximum Gasteiger partial charge on any atom is 0.169 e. The number of nitrogen functional groups attached to an aromatic ring is 2. The van der Waals surface area contributed by atoms with Crippen LogP contribution in [0.4, 0.5) is 11.5 Å². The lowest BCUT2D eigenvalue weighted by molar-refractivity contribution is 0.899. The number of nitrogens with zero attached hydrogens (tertiary/aromatic N) is 2. The first kappa shape index (κ1) is 7.78. The first-order valence-corrected chi connectivity index (χ1v) is 3.61. The van der Waals surface area contributed by atoms with Crippen LogP contribution in [0.2, 0.25) is 0 Å². The Balaban J connectivity index is 2.96. The second kappa shape index (κ2) is 3.18. The molecular weight excluding hydrogens is 140 g/mol. The molecule has 0 saturated carbocycles. The molecule has 0 aliphatic carbocycles. The maximum absolute atomic E-state index is 5.64. The molecule has 1 rings (SSSR count). The zero-order valence-electron chi connectivity index (χ0n) is 6.54. The van der Waals surface area contributed by atoms with Crippen LogP contribution < -0.4 is 11.5 Å². The number of nitrogens with two attached hydrogens (primary N) is 2. The quantitative estimate of drug-likeness (QED) is 0.650. The van der Waals surface area contributed by atoms with Gasteiger partial charge in [0.25, 0.3) is 0 Å². The smallest absolute Gasteiger partial charge is 0.169 e. The molecule has 0 aromatic carbocycles. The highest BCUT2D eigenvalue weighted by Gasteiger charge is 2.01. The Kier molecular flexibility index (Phi) is 2.25. The van der Waals surface area contributed by atoms with Gasteiger partial charge in [-0.3, -0.25) is 0 Å². The van der Waals surface area contributed by atoms with Crippen molar-refractivity contribution in [2.75, 3.05) is 11.5 Å². The summed E-state index contributed by atoms with van der Waals surface area (Å²) in [4.78, 5) is 0. The van der Waals surface area contributed by atoms with Crippen molar-refractivity contribution in [3.05, 3.63) is 11.8 Å². The van der Waals surface area contributed by atoms with Gasteiger partial charge in [-0.1, -0.05) is 13.3 Å². The van der Waals surface area contributed by atoms with E-state index in [0.717, 1.165) is 18.4 Å². The Morgan fingerprint density at radius 2 is 2.18 bits per heavy atom. The third kappa shape index (κ3) is 1.58. The highest BCUT2D eigenvalue weighted by molar-refractivity contribution is 5.61. The number of hydrogen-bond acceptors (Lipinski definition) is 4. The van der Waals surface area contributed by atoms with Crippen LogP contribution in [0.3, 0.4) is 0 Å². The first-order chi connectivity index (χ1) is 5.25. The van der Waals surface area contributed by atoms with E-state index in [0.29, 0.717) is 11.5 Å². The molecule has 1 heterocycles. The van der Waals surface area contributed by atoms with E-state index < -0.39 is 0 Å². The van der Waals surface area contributed by atoms with E-state index in [1.165, 1.54) is 0 Å². The van der Waals surface area contributed by atoms with Crippen molar-refractivity contribution in [1.82, 2.24) is 10.2 Å². The number of rotatable bonds is 2. The van der Waals surface area contributed by atoms with Crippen molar-refractivity contribution in [3.8, 4) is 0 Å². The fourth-order valence-corrected chi connectivity index (χ4v) is 0.917. The molecule has 1 aromatic heterocycles. The summed E-state index contributed by atoms with van der Waals surface area (Å²) < 4.78 is 0. The Labute approximate surface area is 65.6 Å². The molecule has 4 heteroatoms. The Morgan fingerprint density at radius 1 is 1.45 bits per heavy atom. The molecule has 0 aliphatic heterocycles. The zero-order valence-corrected chi connectivity index (χ0v) is 6.54. The minimum absolute atomic E-state index is 0.330. The van der Waals surface area contributed by atoms with Gasteiger partial charge in [-0.05, 0) is 12.0 Å². The summed E-state index contributed by atoms with van der Waals surface area (Å²) in [7, 11) is 0. The molecule has 0 fully saturated rings. The SMILES string of the molecule is CCCc1cnnc(N)c1N. The van der Waals surface area contributed by atoms with Crippen molar-refractivity contribution in [1.29, 1.82) is 0 Å². The summed E-state index contributed by atoms with van der Waals surface area (Å²) in [5, 5.41) is 7.33. The molecular formula is C7H12N4. The lowest BCUT2D eigenvalue weighted by atomic mass is 10.1. The van der Waals surface area contributed by atoms with E-state index in [4.69, 9.17) is 11.5 Å². The van der Waals surface area contributed by atoms with Crippen LogP contribution in [-0.4, -0.2) is 10.2 Å². The van der Waals surface area contributed by atoms with Crippen LogP contribution >= 0.6 is 0 Å². The van der Waals surface area contributed by atoms with Gasteiger partial charge in [-0.15, -0.1) is 5.10 Å². The molecule has 0 aliphatic rings. The van der Waals surface area contributed by atoms with Gasteiger partial charge in [0.15, 0.2) is 5.82 Å². The van der Waals surface area contributed by atoms with Crippen LogP contribution in [0.1, 0.15) is 18.9 Å². The maximum atomic E-state index is 5.64. The third-order valence-electron chi connectivity index (χ3n) is 1.52. The lowest BCUT2D eigenvalue weighted by Crippen LogP contribution is -2.03. The number of aryl methyl sites for hydroxylation is 1. The summed E-state index contributed by atoms with van der Waals surface area (Å²) >= 11 is 0. The second-order valence-corrected chi connectivity index (χ2v) is 2.42. The molecule has 4 nitrogen and oxygen atoms in total. The van der Waals surface area contributed by atoms with Crippen molar-refractivity contribution >= 4 is 11.5 Å². The van der Waals surface area contributed by atoms with Crippen molar-refractivity contribution < 1.29 is 0 Å². The van der Waals surface area contributed by atoms with Crippen LogP contribution in [0.15, 0.2) is 6.20 Å². The second-order valence-electron chi connectivity index (χ2n) is 2.42. The number of anilines is 2. The van der Waals surface area contributed by atoms with Crippen LogP contribution in [0.5, 0.6) is 0 Å². The molecule has 0 bridgehead atoms. The van der Waals surface area contributed by atoms with Crippen molar-refractivity contribution in [2.45, 2.75) is 19.8 Å². The van der Waals surface area contributed by atoms with Crippen LogP contribution in [-0.2, 0) is 6.42 Å². The molecule has 0 amide bonds. The average Bonchev–Trinajstić information content (AvgIpc) is 1.99. The van der Waals surface area contributed by atoms with Crippen LogP contribution in [0, 0.1) is 0 Å². The predicted octanol–water partition coefficient (Wildman–Crippen LogP) is 0.594. The van der Waals surface area contributed by atoms with E-state index in [2.05, 4.69) is 17.1 Å². The number of aromatic nitrogens is 2. The van der Waals surface area contributed by atoms with Gasteiger partial charge in [0.05, 0.1) is 11.9 Å². The summed E-state index contributed by atoms with van der Waals surface area (Å²) in [6.07, 6.45) is 3.61. The van der Waals surface area contributed by atoms with Gasteiger partial charge < -0.3 is 11.5 Å². The minimum atomic E-state index is 0.330. The van der Waals surface area contributed by atoms with Crippen LogP contribution in [0.25, 0.3) is 0 Å². The fourth-order valence-electron chi connectivity index (χ4n) is 0.917. The fraction of sp³-hybridized carbons (Fsp3) is 0.429. The standard InChI is InChI=1S/C7H12N4/c1-2-3-5-4-10-11-7(9)6(5)8/h4H,2-3H2,1H3,(H2,8,10)(H2,9,11). The van der Waals surface area contributed by atoms with E-state index >= 15 is 0 Å². The van der Waals surface area contributed by atoms with E-state index in [1.54, 1.807) is 6.20 Å². The van der Waals surface area contributed by atoms with Gasteiger partial charge in [0.2, 0.25) is 0 Å². The third-order valence-corrected chi connectivity index (χ3v) is 1.52. The van der Waals surface area contributed by atoms with Gasteiger partial charge in [0.1, 0.15) is 0 Å². The lowest BCUT2D eigenvalue weighted by Gasteiger charge is -2.03. The van der Waals surface area contributed by atoms with E-state index in [1.807, 2.05) is 0 Å². The summed E-state index contributed by atoms with van der Waals surface area (Å²) in [6.45, 7) is 2.08. The normalized spacial score (nSPS) is 9.91. The predicted molar refractivity (Wildman–Crippen MR) is 44.9 cm³/mol. The monoisotopic (exact) mass is 152 g/mol. The molecule has 0 spiro atoms. The van der Waals surface area contributed by atoms with Gasteiger partial charge >= 0.3 is 0 Å². The summed E-state index contributed by atoms with van der Waals surface area (Å²) in [5.41, 5.74) is 12.7. The molecule has 0 atom stereocenters. The van der Waals surface area contributed by atoms with Gasteiger partial charge in [-0.25, -0.2) is 0 Å². The zero-order chi connectivity index (χ0) is 8.27. The Morgan fingerprint density at radius 3 is 2.82 bits per heavy atom. The summed E-state index contributed by atoms with van der Waals surface area (Å²) in [5.74, 6) is 0.330. The molecule has 0 unspecified atom stereocenters. The van der Waals surface area contributed by atoms with E-state index in [9.17, 15) is 0 Å².